The molecule has 2 aliphatic heterocycles. The Morgan fingerprint density at radius 3 is 2.50 bits per heavy atom. The van der Waals surface area contributed by atoms with Crippen molar-refractivity contribution in [1.29, 1.82) is 0 Å². The molecule has 7 nitrogen and oxygen atoms in total. The number of aliphatic hydroxyl groups is 1. The normalized spacial score (nSPS) is 22.2. The van der Waals surface area contributed by atoms with E-state index in [1.165, 1.54) is 0 Å². The number of nitrogens with one attached hydrogen (secondary N) is 1. The van der Waals surface area contributed by atoms with Crippen molar-refractivity contribution in [2.75, 3.05) is 78.9 Å². The van der Waals surface area contributed by atoms with Gasteiger partial charge in [-0.1, -0.05) is 0 Å². The number of nitrogens with two attached hydrogens (primary N) is 1. The molecule has 0 aromatic rings. The molecular formula is C13H29N3O4. The first-order valence-corrected chi connectivity index (χ1v) is 7.38. The smallest absolute Gasteiger partial charge is 0.104 e. The van der Waals surface area contributed by atoms with Gasteiger partial charge < -0.3 is 30.4 Å². The molecule has 2 heterocycles. The van der Waals surface area contributed by atoms with E-state index in [1.807, 2.05) is 0 Å². The number of ether oxygens (including phenoxy) is 3. The maximum absolute atomic E-state index is 8.34. The van der Waals surface area contributed by atoms with Crippen molar-refractivity contribution in [1.82, 2.24) is 10.2 Å². The van der Waals surface area contributed by atoms with E-state index in [4.69, 9.17) is 25.1 Å². The zero-order chi connectivity index (χ0) is 14.5. The van der Waals surface area contributed by atoms with Gasteiger partial charge in [-0.2, -0.15) is 0 Å². The number of hydrogen-bond donors (Lipinski definition) is 3. The first-order valence-electron chi connectivity index (χ1n) is 7.38. The van der Waals surface area contributed by atoms with Gasteiger partial charge in [-0.3, -0.25) is 4.90 Å². The van der Waals surface area contributed by atoms with Crippen LogP contribution in [0.3, 0.4) is 0 Å². The Morgan fingerprint density at radius 1 is 1.20 bits per heavy atom. The summed E-state index contributed by atoms with van der Waals surface area (Å²) >= 11 is 0. The summed E-state index contributed by atoms with van der Waals surface area (Å²) in [4.78, 5) is 2.39. The number of rotatable bonds is 9. The van der Waals surface area contributed by atoms with Crippen LogP contribution in [0.1, 0.15) is 0 Å². The zero-order valence-electron chi connectivity index (χ0n) is 12.3. The van der Waals surface area contributed by atoms with Crippen LogP contribution < -0.4 is 11.1 Å². The highest BCUT2D eigenvalue weighted by molar-refractivity contribution is 4.67. The fourth-order valence-electron chi connectivity index (χ4n) is 1.78. The van der Waals surface area contributed by atoms with Gasteiger partial charge in [-0.25, -0.2) is 0 Å². The lowest BCUT2D eigenvalue weighted by Gasteiger charge is -2.26. The van der Waals surface area contributed by atoms with E-state index in [0.717, 1.165) is 45.9 Å². The van der Waals surface area contributed by atoms with Crippen LogP contribution in [0.4, 0.5) is 0 Å². The molecule has 2 rings (SSSR count). The molecule has 0 radical (unpaired) electrons. The summed E-state index contributed by atoms with van der Waals surface area (Å²) in [6.45, 7) is 9.53. The van der Waals surface area contributed by atoms with Gasteiger partial charge in [0.1, 0.15) is 6.10 Å². The van der Waals surface area contributed by atoms with Crippen LogP contribution in [-0.2, 0) is 14.2 Å². The van der Waals surface area contributed by atoms with Gasteiger partial charge in [0, 0.05) is 39.3 Å². The largest absolute Gasteiger partial charge is 0.394 e. The van der Waals surface area contributed by atoms with Crippen LogP contribution in [0.15, 0.2) is 0 Å². The predicted molar refractivity (Wildman–Crippen MR) is 76.8 cm³/mol. The molecule has 7 heteroatoms. The molecule has 0 aromatic heterocycles. The van der Waals surface area contributed by atoms with Crippen molar-refractivity contribution in [3.05, 3.63) is 0 Å². The predicted octanol–water partition coefficient (Wildman–Crippen LogP) is -1.74. The summed E-state index contributed by atoms with van der Waals surface area (Å²) in [5, 5.41) is 11.6. The van der Waals surface area contributed by atoms with Gasteiger partial charge in [-0.15, -0.1) is 0 Å². The van der Waals surface area contributed by atoms with E-state index in [9.17, 15) is 0 Å². The monoisotopic (exact) mass is 291 g/mol. The molecule has 2 saturated heterocycles. The Hall–Kier alpha value is -0.280. The summed E-state index contributed by atoms with van der Waals surface area (Å²) in [5.41, 5.74) is 5.40. The van der Waals surface area contributed by atoms with E-state index in [-0.39, 0.29) is 6.61 Å². The highest BCUT2D eigenvalue weighted by atomic mass is 16.6. The first kappa shape index (κ1) is 17.8. The molecule has 0 bridgehead atoms. The summed E-state index contributed by atoms with van der Waals surface area (Å²) in [7, 11) is 0. The van der Waals surface area contributed by atoms with Gasteiger partial charge in [0.25, 0.3) is 0 Å². The van der Waals surface area contributed by atoms with Crippen molar-refractivity contribution in [3.63, 3.8) is 0 Å². The van der Waals surface area contributed by atoms with Crippen molar-refractivity contribution in [2.45, 2.75) is 6.10 Å². The third-order valence-corrected chi connectivity index (χ3v) is 2.97. The molecule has 2 aliphatic rings. The molecule has 0 aromatic carbocycles. The van der Waals surface area contributed by atoms with Crippen LogP contribution in [0.5, 0.6) is 0 Å². The Kier molecular flexibility index (Phi) is 11.1. The van der Waals surface area contributed by atoms with E-state index < -0.39 is 0 Å². The molecule has 0 spiro atoms. The van der Waals surface area contributed by atoms with Crippen molar-refractivity contribution >= 4 is 0 Å². The van der Waals surface area contributed by atoms with Gasteiger partial charge in [0.15, 0.2) is 0 Å². The molecule has 1 atom stereocenters. The Balaban J connectivity index is 0.000000204. The highest BCUT2D eigenvalue weighted by Gasteiger charge is 2.21. The average Bonchev–Trinajstić information content (AvgIpc) is 3.29. The second-order valence-corrected chi connectivity index (χ2v) is 4.75. The lowest BCUT2D eigenvalue weighted by atomic mass is 10.3. The van der Waals surface area contributed by atoms with E-state index >= 15 is 0 Å². The third-order valence-electron chi connectivity index (χ3n) is 2.97. The Bertz CT molecular complexity index is 209. The van der Waals surface area contributed by atoms with Crippen LogP contribution in [0, 0.1) is 0 Å². The van der Waals surface area contributed by atoms with Crippen LogP contribution in [0.2, 0.25) is 0 Å². The minimum Gasteiger partial charge on any atom is -0.394 e. The van der Waals surface area contributed by atoms with Gasteiger partial charge >= 0.3 is 0 Å². The minimum atomic E-state index is 0.0751. The molecule has 0 saturated carbocycles. The maximum atomic E-state index is 8.34. The maximum Gasteiger partial charge on any atom is 0.104 e. The topological polar surface area (TPSA) is 92.5 Å². The highest BCUT2D eigenvalue weighted by Crippen LogP contribution is 2.07. The second kappa shape index (κ2) is 12.5. The van der Waals surface area contributed by atoms with Crippen LogP contribution in [0.25, 0.3) is 0 Å². The van der Waals surface area contributed by atoms with Crippen LogP contribution >= 0.6 is 0 Å². The number of piperazine rings is 1. The molecule has 4 N–H and O–H groups in total. The zero-order valence-corrected chi connectivity index (χ0v) is 12.3. The Morgan fingerprint density at radius 2 is 1.90 bits per heavy atom. The number of nitrogens with zero attached hydrogens (tertiary/aromatic N) is 1. The lowest BCUT2D eigenvalue weighted by molar-refractivity contribution is 0.0288. The summed E-state index contributed by atoms with van der Waals surface area (Å²) in [6, 6.07) is 0. The quantitative estimate of drug-likeness (QED) is 0.343. The molecule has 120 valence electrons. The molecule has 2 fully saturated rings. The van der Waals surface area contributed by atoms with Crippen molar-refractivity contribution < 1.29 is 19.3 Å². The summed E-state index contributed by atoms with van der Waals surface area (Å²) in [5.74, 6) is 0. The first-order chi connectivity index (χ1) is 9.86. The summed E-state index contributed by atoms with van der Waals surface area (Å²) < 4.78 is 15.1. The second-order valence-electron chi connectivity index (χ2n) is 4.75. The number of aliphatic hydroxyl groups excluding tert-OH is 1. The van der Waals surface area contributed by atoms with Crippen molar-refractivity contribution in [3.8, 4) is 0 Å². The molecule has 0 amide bonds. The third kappa shape index (κ3) is 10.5. The Labute approximate surface area is 121 Å². The molecular weight excluding hydrogens is 262 g/mol. The standard InChI is InChI=1S/C7H14O4.C6H15N3/c8-1-2-9-3-4-10-5-7-6-11-7;7-1-4-9-5-2-8-3-6-9/h7-8H,1-6H2;8H,1-7H2. The lowest BCUT2D eigenvalue weighted by Crippen LogP contribution is -2.45. The van der Waals surface area contributed by atoms with Crippen LogP contribution in [-0.4, -0.2) is 95.0 Å². The average molecular weight is 291 g/mol. The SMILES string of the molecule is NCCN1CCNCC1.OCCOCCOCC1CO1. The fraction of sp³-hybridized carbons (Fsp3) is 1.00. The van der Waals surface area contributed by atoms with Crippen molar-refractivity contribution in [2.24, 2.45) is 5.73 Å². The molecule has 20 heavy (non-hydrogen) atoms. The molecule has 0 aliphatic carbocycles. The van der Waals surface area contributed by atoms with E-state index in [0.29, 0.717) is 32.5 Å². The van der Waals surface area contributed by atoms with Gasteiger partial charge in [0.2, 0.25) is 0 Å². The number of hydrogen-bond acceptors (Lipinski definition) is 7. The minimum absolute atomic E-state index is 0.0751. The molecule has 1 unspecified atom stereocenters. The van der Waals surface area contributed by atoms with E-state index in [1.54, 1.807) is 0 Å². The van der Waals surface area contributed by atoms with E-state index in [2.05, 4.69) is 10.2 Å². The van der Waals surface area contributed by atoms with Gasteiger partial charge in [-0.05, 0) is 0 Å². The van der Waals surface area contributed by atoms with Gasteiger partial charge in [0.05, 0.1) is 39.6 Å². The fourth-order valence-corrected chi connectivity index (χ4v) is 1.78. The number of epoxide rings is 1. The summed E-state index contributed by atoms with van der Waals surface area (Å²) in [6.07, 6.45) is 0.327.